The van der Waals surface area contributed by atoms with Gasteiger partial charge in [-0.15, -0.1) is 0 Å². The Bertz CT molecular complexity index is 628. The molecule has 6 nitrogen and oxygen atoms in total. The zero-order valence-electron chi connectivity index (χ0n) is 13.0. The summed E-state index contributed by atoms with van der Waals surface area (Å²) >= 11 is 0. The van der Waals surface area contributed by atoms with Crippen molar-refractivity contribution in [1.82, 2.24) is 0 Å². The quantitative estimate of drug-likeness (QED) is 0.859. The van der Waals surface area contributed by atoms with Gasteiger partial charge in [0, 0.05) is 12.2 Å². The highest BCUT2D eigenvalue weighted by Gasteiger charge is 2.28. The molecular formula is C15H23N3O3S. The maximum atomic E-state index is 12.0. The molecule has 122 valence electrons. The summed E-state index contributed by atoms with van der Waals surface area (Å²) in [6.07, 6.45) is 1.48. The van der Waals surface area contributed by atoms with Crippen LogP contribution in [0.2, 0.25) is 0 Å². The summed E-state index contributed by atoms with van der Waals surface area (Å²) < 4.78 is 25.1. The van der Waals surface area contributed by atoms with Crippen molar-refractivity contribution in [3.63, 3.8) is 0 Å². The molecule has 2 atom stereocenters. The molecule has 0 spiro atoms. The smallest absolute Gasteiger partial charge is 0.241 e. The van der Waals surface area contributed by atoms with E-state index in [9.17, 15) is 13.2 Å². The van der Waals surface area contributed by atoms with Crippen molar-refractivity contribution >= 4 is 27.3 Å². The minimum absolute atomic E-state index is 0.106. The number of nitrogens with one attached hydrogen (secondary N) is 1. The number of amides is 1. The monoisotopic (exact) mass is 325 g/mol. The summed E-state index contributed by atoms with van der Waals surface area (Å²) in [6.45, 7) is 4.43. The molecule has 0 radical (unpaired) electrons. The average Bonchev–Trinajstić information content (AvgIpc) is 2.85. The van der Waals surface area contributed by atoms with Gasteiger partial charge in [0.15, 0.2) is 0 Å². The number of anilines is 2. The van der Waals surface area contributed by atoms with E-state index in [4.69, 9.17) is 5.73 Å². The molecule has 0 bridgehead atoms. The highest BCUT2D eigenvalue weighted by molar-refractivity contribution is 7.93. The van der Waals surface area contributed by atoms with E-state index >= 15 is 0 Å². The summed E-state index contributed by atoms with van der Waals surface area (Å²) in [5.41, 5.74) is 7.13. The Morgan fingerprint density at radius 3 is 2.50 bits per heavy atom. The lowest BCUT2D eigenvalue weighted by molar-refractivity contribution is -0.118. The standard InChI is InChI=1S/C15H23N3O3S/c1-3-11(2)14(16)15(19)17-12-5-7-13(8-6-12)18-9-4-10-22(18,20)21/h5-8,11,14H,3-4,9-10,16H2,1-2H3,(H,17,19)/t11?,14-/m0/s1. The fourth-order valence-corrected chi connectivity index (χ4v) is 3.94. The molecule has 0 aliphatic carbocycles. The van der Waals surface area contributed by atoms with Gasteiger partial charge in [0.1, 0.15) is 0 Å². The van der Waals surface area contributed by atoms with E-state index < -0.39 is 16.1 Å². The second kappa shape index (κ2) is 6.66. The average molecular weight is 325 g/mol. The van der Waals surface area contributed by atoms with Crippen molar-refractivity contribution in [2.75, 3.05) is 21.9 Å². The van der Waals surface area contributed by atoms with Crippen molar-refractivity contribution in [2.24, 2.45) is 11.7 Å². The number of carbonyl (C=O) groups is 1. The lowest BCUT2D eigenvalue weighted by Gasteiger charge is -2.19. The number of carbonyl (C=O) groups excluding carboxylic acids is 1. The number of hydrogen-bond acceptors (Lipinski definition) is 4. The predicted octanol–water partition coefficient (Wildman–Crippen LogP) is 1.54. The molecule has 1 aromatic carbocycles. The maximum absolute atomic E-state index is 12.0. The Morgan fingerprint density at radius 1 is 1.36 bits per heavy atom. The van der Waals surface area contributed by atoms with Crippen LogP contribution in [0, 0.1) is 5.92 Å². The third-order valence-electron chi connectivity index (χ3n) is 4.08. The lowest BCUT2D eigenvalue weighted by Crippen LogP contribution is -2.40. The number of rotatable bonds is 5. The molecule has 1 heterocycles. The zero-order valence-corrected chi connectivity index (χ0v) is 13.8. The van der Waals surface area contributed by atoms with Crippen molar-refractivity contribution in [2.45, 2.75) is 32.7 Å². The first kappa shape index (κ1) is 16.8. The van der Waals surface area contributed by atoms with Crippen LogP contribution in [0.15, 0.2) is 24.3 Å². The van der Waals surface area contributed by atoms with E-state index in [1.807, 2.05) is 13.8 Å². The molecule has 22 heavy (non-hydrogen) atoms. The fraction of sp³-hybridized carbons (Fsp3) is 0.533. The van der Waals surface area contributed by atoms with Crippen LogP contribution in [0.1, 0.15) is 26.7 Å². The van der Waals surface area contributed by atoms with E-state index in [0.717, 1.165) is 6.42 Å². The molecule has 1 amide bonds. The normalized spacial score (nSPS) is 19.7. The Hall–Kier alpha value is -1.60. The molecule has 0 aromatic heterocycles. The zero-order chi connectivity index (χ0) is 16.3. The van der Waals surface area contributed by atoms with E-state index in [1.165, 1.54) is 4.31 Å². The van der Waals surface area contributed by atoms with Gasteiger partial charge in [-0.1, -0.05) is 20.3 Å². The molecule has 1 saturated heterocycles. The second-order valence-electron chi connectivity index (χ2n) is 5.69. The van der Waals surface area contributed by atoms with Crippen LogP contribution >= 0.6 is 0 Å². The van der Waals surface area contributed by atoms with Crippen molar-refractivity contribution < 1.29 is 13.2 Å². The van der Waals surface area contributed by atoms with Gasteiger partial charge in [-0.2, -0.15) is 0 Å². The van der Waals surface area contributed by atoms with Crippen LogP contribution < -0.4 is 15.4 Å². The molecule has 3 N–H and O–H groups in total. The second-order valence-corrected chi connectivity index (χ2v) is 7.70. The number of hydrogen-bond donors (Lipinski definition) is 2. The van der Waals surface area contributed by atoms with Gasteiger partial charge in [0.2, 0.25) is 15.9 Å². The summed E-state index contributed by atoms with van der Waals surface area (Å²) in [7, 11) is -3.18. The van der Waals surface area contributed by atoms with E-state index in [1.54, 1.807) is 24.3 Å². The van der Waals surface area contributed by atoms with Gasteiger partial charge in [-0.05, 0) is 36.6 Å². The van der Waals surface area contributed by atoms with E-state index in [0.29, 0.717) is 24.3 Å². The minimum atomic E-state index is -3.18. The van der Waals surface area contributed by atoms with Gasteiger partial charge >= 0.3 is 0 Å². The molecule has 1 aromatic rings. The first-order valence-corrected chi connectivity index (χ1v) is 9.13. The molecule has 1 fully saturated rings. The Labute approximate surface area is 131 Å². The van der Waals surface area contributed by atoms with Crippen LogP contribution in [0.3, 0.4) is 0 Å². The third-order valence-corrected chi connectivity index (χ3v) is 5.95. The number of nitrogens with two attached hydrogens (primary N) is 1. The number of nitrogens with zero attached hydrogens (tertiary/aromatic N) is 1. The van der Waals surface area contributed by atoms with Gasteiger partial charge < -0.3 is 11.1 Å². The topological polar surface area (TPSA) is 92.5 Å². The van der Waals surface area contributed by atoms with Crippen LogP contribution in [0.4, 0.5) is 11.4 Å². The molecule has 1 aliphatic rings. The first-order chi connectivity index (χ1) is 10.3. The highest BCUT2D eigenvalue weighted by atomic mass is 32.2. The van der Waals surface area contributed by atoms with Gasteiger partial charge in [-0.25, -0.2) is 8.42 Å². The minimum Gasteiger partial charge on any atom is -0.325 e. The Kier molecular flexibility index (Phi) is 5.08. The summed E-state index contributed by atoms with van der Waals surface area (Å²) in [4.78, 5) is 12.0. The third kappa shape index (κ3) is 3.59. The molecule has 1 unspecified atom stereocenters. The van der Waals surface area contributed by atoms with Crippen molar-refractivity contribution in [3.8, 4) is 0 Å². The summed E-state index contributed by atoms with van der Waals surface area (Å²) in [5, 5.41) is 2.76. The largest absolute Gasteiger partial charge is 0.325 e. The van der Waals surface area contributed by atoms with Crippen molar-refractivity contribution in [3.05, 3.63) is 24.3 Å². The molecule has 0 saturated carbocycles. The van der Waals surface area contributed by atoms with Gasteiger partial charge in [0.05, 0.1) is 17.5 Å². The lowest BCUT2D eigenvalue weighted by atomic mass is 9.99. The van der Waals surface area contributed by atoms with Crippen LogP contribution in [0.5, 0.6) is 0 Å². The van der Waals surface area contributed by atoms with E-state index in [2.05, 4.69) is 5.32 Å². The first-order valence-electron chi connectivity index (χ1n) is 7.52. The van der Waals surface area contributed by atoms with Crippen LogP contribution in [-0.2, 0) is 14.8 Å². The molecule has 1 aliphatic heterocycles. The molecule has 7 heteroatoms. The summed E-state index contributed by atoms with van der Waals surface area (Å²) in [6, 6.07) is 6.25. The SMILES string of the molecule is CCC(C)[C@H](N)C(=O)Nc1ccc(N2CCCS2(=O)=O)cc1. The van der Waals surface area contributed by atoms with Crippen molar-refractivity contribution in [1.29, 1.82) is 0 Å². The van der Waals surface area contributed by atoms with Crippen LogP contribution in [0.25, 0.3) is 0 Å². The maximum Gasteiger partial charge on any atom is 0.241 e. The summed E-state index contributed by atoms with van der Waals surface area (Å²) in [5.74, 6) is 0.0693. The van der Waals surface area contributed by atoms with E-state index in [-0.39, 0.29) is 17.6 Å². The van der Waals surface area contributed by atoms with Crippen LogP contribution in [-0.4, -0.2) is 32.7 Å². The fourth-order valence-electron chi connectivity index (χ4n) is 2.38. The Morgan fingerprint density at radius 2 is 2.00 bits per heavy atom. The van der Waals surface area contributed by atoms with Gasteiger partial charge in [-0.3, -0.25) is 9.10 Å². The predicted molar refractivity (Wildman–Crippen MR) is 88.3 cm³/mol. The Balaban J connectivity index is 2.05. The number of sulfonamides is 1. The molecule has 2 rings (SSSR count). The highest BCUT2D eigenvalue weighted by Crippen LogP contribution is 2.25. The van der Waals surface area contributed by atoms with Gasteiger partial charge in [0.25, 0.3) is 0 Å². The number of benzene rings is 1. The molecular weight excluding hydrogens is 302 g/mol.